The summed E-state index contributed by atoms with van der Waals surface area (Å²) in [4.78, 5) is 0. The molecular formula is C25H30Cl2SiZr-4. The fourth-order valence-electron chi connectivity index (χ4n) is 3.07. The number of hydrogen-bond acceptors (Lipinski definition) is 0. The molecule has 0 saturated heterocycles. The van der Waals surface area contributed by atoms with Gasteiger partial charge in [-0.2, -0.15) is 17.7 Å². The van der Waals surface area contributed by atoms with E-state index in [-0.39, 0.29) is 39.7 Å². The zero-order chi connectivity index (χ0) is 18.2. The van der Waals surface area contributed by atoms with Crippen LogP contribution in [0.5, 0.6) is 0 Å². The van der Waals surface area contributed by atoms with Crippen molar-refractivity contribution >= 4 is 48.0 Å². The van der Waals surface area contributed by atoms with Gasteiger partial charge in [0.15, 0.2) is 0 Å². The van der Waals surface area contributed by atoms with Gasteiger partial charge in [0.05, 0.1) is 0 Å². The second-order valence-electron chi connectivity index (χ2n) is 6.17. The van der Waals surface area contributed by atoms with E-state index in [0.29, 0.717) is 5.92 Å². The standard InChI is InChI=1S/C13H13.C10H9.2CH3.2ClH.Si.Zr/c1-10-8-11(2)13(9-10)12-6-4-3-5-7-12;1-8-6-9-4-2-3-5-10(9)7-8;;;;;;/h3-7,9-10H,1-2H3;2-7H,1H3;2*1H3;2*1H;;/q4*-1;;;;. The zero-order valence-electron chi connectivity index (χ0n) is 17.8. The Morgan fingerprint density at radius 3 is 1.97 bits per heavy atom. The second-order valence-corrected chi connectivity index (χ2v) is 6.17. The predicted molar refractivity (Wildman–Crippen MR) is 133 cm³/mol. The Hall–Kier alpha value is -0.790. The van der Waals surface area contributed by atoms with E-state index in [1.807, 2.05) is 6.07 Å². The van der Waals surface area contributed by atoms with Crippen LogP contribution in [0.2, 0.25) is 0 Å². The molecule has 0 saturated carbocycles. The summed E-state index contributed by atoms with van der Waals surface area (Å²) in [5.74, 6) is 0.468. The van der Waals surface area contributed by atoms with Gasteiger partial charge in [0.1, 0.15) is 0 Å². The van der Waals surface area contributed by atoms with Crippen molar-refractivity contribution in [1.29, 1.82) is 0 Å². The van der Waals surface area contributed by atoms with Crippen LogP contribution in [-0.2, 0) is 23.3 Å². The van der Waals surface area contributed by atoms with E-state index in [4.69, 9.17) is 0 Å². The van der Waals surface area contributed by atoms with Crippen molar-refractivity contribution in [3.63, 3.8) is 0 Å². The molecule has 1 aliphatic rings. The molecule has 0 spiro atoms. The zero-order valence-corrected chi connectivity index (χ0v) is 22.9. The Labute approximate surface area is 207 Å². The molecule has 0 aromatic heterocycles. The summed E-state index contributed by atoms with van der Waals surface area (Å²) in [7, 11) is 0. The molecule has 4 heteroatoms. The van der Waals surface area contributed by atoms with Crippen LogP contribution in [0.3, 0.4) is 0 Å². The van der Waals surface area contributed by atoms with Crippen molar-refractivity contribution in [3.05, 3.63) is 110 Å². The summed E-state index contributed by atoms with van der Waals surface area (Å²) in [5, 5.41) is 2.69. The van der Waals surface area contributed by atoms with Crippen LogP contribution in [0.15, 0.2) is 78.4 Å². The number of aryl methyl sites for hydroxylation is 1. The number of allylic oxidation sites excluding steroid dienone is 4. The summed E-state index contributed by atoms with van der Waals surface area (Å²) in [6.07, 6.45) is 5.66. The van der Waals surface area contributed by atoms with Gasteiger partial charge in [-0.1, -0.05) is 63.1 Å². The summed E-state index contributed by atoms with van der Waals surface area (Å²) < 4.78 is 0. The topological polar surface area (TPSA) is 0 Å². The SMILES string of the molecule is CC1=[C-]C(C)C=C1c1ccccc1.Cc1cc2ccccc2[cH-]1.Cl.Cl.[CH3-].[CH3-].[Si]=[Zr]. The van der Waals surface area contributed by atoms with Gasteiger partial charge >= 0.3 is 30.2 Å². The van der Waals surface area contributed by atoms with Gasteiger partial charge in [-0.05, 0) is 0 Å². The Morgan fingerprint density at radius 2 is 1.45 bits per heavy atom. The third-order valence-corrected chi connectivity index (χ3v) is 4.11. The Kier molecular flexibility index (Phi) is 19.2. The molecule has 29 heavy (non-hydrogen) atoms. The molecule has 0 amide bonds. The molecular weight excluding hydrogens is 490 g/mol. The third kappa shape index (κ3) is 9.71. The van der Waals surface area contributed by atoms with Crippen molar-refractivity contribution < 1.29 is 23.3 Å². The number of halogens is 2. The van der Waals surface area contributed by atoms with Gasteiger partial charge in [-0.15, -0.1) is 71.0 Å². The average molecular weight is 521 g/mol. The van der Waals surface area contributed by atoms with Crippen molar-refractivity contribution in [2.24, 2.45) is 5.92 Å². The van der Waals surface area contributed by atoms with Gasteiger partial charge in [0, 0.05) is 0 Å². The maximum atomic E-state index is 3.39. The molecule has 0 fully saturated rings. The maximum absolute atomic E-state index is 3.39. The van der Waals surface area contributed by atoms with E-state index >= 15 is 0 Å². The first-order valence-corrected chi connectivity index (χ1v) is 12.6. The molecule has 2 radical (unpaired) electrons. The molecule has 1 aliphatic carbocycles. The molecule has 1 unspecified atom stereocenters. The van der Waals surface area contributed by atoms with E-state index < -0.39 is 0 Å². The number of fused-ring (bicyclic) bond motifs is 1. The fraction of sp³-hybridized carbons (Fsp3) is 0.160. The number of benzene rings is 2. The quantitative estimate of drug-likeness (QED) is 0.228. The van der Waals surface area contributed by atoms with E-state index in [1.54, 1.807) is 0 Å². The fourth-order valence-corrected chi connectivity index (χ4v) is 3.07. The van der Waals surface area contributed by atoms with Crippen LogP contribution < -0.4 is 0 Å². The van der Waals surface area contributed by atoms with Crippen LogP contribution in [-0.4, -0.2) is 6.88 Å². The molecule has 4 rings (SSSR count). The summed E-state index contributed by atoms with van der Waals surface area (Å²) >= 11 is 1.36. The van der Waals surface area contributed by atoms with Crippen LogP contribution >= 0.6 is 24.8 Å². The van der Waals surface area contributed by atoms with Gasteiger partial charge in [0.2, 0.25) is 0 Å². The van der Waals surface area contributed by atoms with E-state index in [1.165, 1.54) is 56.4 Å². The summed E-state index contributed by atoms with van der Waals surface area (Å²) in [5.41, 5.74) is 5.27. The van der Waals surface area contributed by atoms with Crippen molar-refractivity contribution in [1.82, 2.24) is 0 Å². The molecule has 0 bridgehead atoms. The first-order valence-electron chi connectivity index (χ1n) is 8.38. The van der Waals surface area contributed by atoms with Crippen LogP contribution in [0.1, 0.15) is 25.0 Å². The van der Waals surface area contributed by atoms with E-state index in [9.17, 15) is 0 Å². The normalized spacial score (nSPS) is 13.2. The Balaban J connectivity index is -0.000000388. The summed E-state index contributed by atoms with van der Waals surface area (Å²) in [6.45, 7) is 9.48. The summed E-state index contributed by atoms with van der Waals surface area (Å²) in [6, 6.07) is 23.3. The second kappa shape index (κ2) is 16.9. The third-order valence-electron chi connectivity index (χ3n) is 4.11. The van der Waals surface area contributed by atoms with Crippen molar-refractivity contribution in [3.8, 4) is 0 Å². The van der Waals surface area contributed by atoms with Crippen molar-refractivity contribution in [2.45, 2.75) is 20.8 Å². The van der Waals surface area contributed by atoms with E-state index in [2.05, 4.69) is 100 Å². The van der Waals surface area contributed by atoms with Gasteiger partial charge in [-0.3, -0.25) is 6.08 Å². The van der Waals surface area contributed by atoms with Crippen LogP contribution in [0, 0.1) is 33.8 Å². The van der Waals surface area contributed by atoms with Crippen LogP contribution in [0.4, 0.5) is 0 Å². The van der Waals surface area contributed by atoms with Crippen molar-refractivity contribution in [2.75, 3.05) is 0 Å². The number of hydrogen-bond donors (Lipinski definition) is 0. The van der Waals surface area contributed by atoms with E-state index in [0.717, 1.165) is 0 Å². The molecule has 156 valence electrons. The predicted octanol–water partition coefficient (Wildman–Crippen LogP) is 7.70. The first-order chi connectivity index (χ1) is 12.1. The Bertz CT molecular complexity index is 849. The Morgan fingerprint density at radius 1 is 0.897 bits per heavy atom. The molecule has 3 aromatic rings. The molecule has 0 N–H and O–H groups in total. The molecule has 3 aromatic carbocycles. The van der Waals surface area contributed by atoms with Crippen LogP contribution in [0.25, 0.3) is 16.3 Å². The average Bonchev–Trinajstić information content (AvgIpc) is 3.18. The van der Waals surface area contributed by atoms with Gasteiger partial charge < -0.3 is 14.9 Å². The first kappa shape index (κ1) is 32.9. The molecule has 1 atom stereocenters. The van der Waals surface area contributed by atoms with Gasteiger partial charge in [0.25, 0.3) is 0 Å². The molecule has 0 aliphatic heterocycles. The minimum atomic E-state index is 0. The number of rotatable bonds is 1. The minimum absolute atomic E-state index is 0. The molecule has 0 heterocycles. The molecule has 0 nitrogen and oxygen atoms in total. The monoisotopic (exact) mass is 518 g/mol. The van der Waals surface area contributed by atoms with Gasteiger partial charge in [-0.25, -0.2) is 5.57 Å².